The van der Waals surface area contributed by atoms with Gasteiger partial charge < -0.3 is 0 Å². The van der Waals surface area contributed by atoms with Crippen molar-refractivity contribution < 1.29 is 0 Å². The molecule has 0 aliphatic rings. The Kier molecular flexibility index (Phi) is 4.85. The standard InChI is InChI=1S/C24H26/c1-17-14-15-22(18(2)16-17)20(4)24-13-9-8-12-23(24)19(3)21-10-6-5-7-11-21/h5-16,19-20H,1-4H3. The number of rotatable bonds is 4. The molecule has 0 heterocycles. The van der Waals surface area contributed by atoms with Gasteiger partial charge in [-0.05, 0) is 41.7 Å². The van der Waals surface area contributed by atoms with Gasteiger partial charge in [0.05, 0.1) is 0 Å². The van der Waals surface area contributed by atoms with Crippen molar-refractivity contribution in [3.8, 4) is 0 Å². The molecule has 2 unspecified atom stereocenters. The molecular formula is C24H26. The fraction of sp³-hybridized carbons (Fsp3) is 0.250. The second-order valence-electron chi connectivity index (χ2n) is 6.84. The van der Waals surface area contributed by atoms with Crippen LogP contribution in [0.5, 0.6) is 0 Å². The van der Waals surface area contributed by atoms with E-state index in [9.17, 15) is 0 Å². The van der Waals surface area contributed by atoms with Crippen LogP contribution in [0.2, 0.25) is 0 Å². The van der Waals surface area contributed by atoms with Crippen molar-refractivity contribution >= 4 is 0 Å². The Morgan fingerprint density at radius 1 is 0.583 bits per heavy atom. The Bertz CT molecular complexity index is 814. The molecule has 0 spiro atoms. The highest BCUT2D eigenvalue weighted by Gasteiger charge is 2.18. The summed E-state index contributed by atoms with van der Waals surface area (Å²) in [4.78, 5) is 0. The Morgan fingerprint density at radius 2 is 1.17 bits per heavy atom. The lowest BCUT2D eigenvalue weighted by atomic mass is 9.81. The molecule has 0 amide bonds. The topological polar surface area (TPSA) is 0 Å². The molecule has 0 saturated heterocycles. The van der Waals surface area contributed by atoms with Gasteiger partial charge in [0.2, 0.25) is 0 Å². The van der Waals surface area contributed by atoms with Gasteiger partial charge in [-0.1, -0.05) is 92.2 Å². The van der Waals surface area contributed by atoms with E-state index in [4.69, 9.17) is 0 Å². The molecule has 0 aliphatic heterocycles. The maximum Gasteiger partial charge on any atom is 0.00665 e. The van der Waals surface area contributed by atoms with E-state index in [1.165, 1.54) is 33.4 Å². The highest BCUT2D eigenvalue weighted by Crippen LogP contribution is 2.35. The summed E-state index contributed by atoms with van der Waals surface area (Å²) < 4.78 is 0. The van der Waals surface area contributed by atoms with Gasteiger partial charge in [0.25, 0.3) is 0 Å². The van der Waals surface area contributed by atoms with Crippen LogP contribution in [0.4, 0.5) is 0 Å². The van der Waals surface area contributed by atoms with E-state index >= 15 is 0 Å². The Hall–Kier alpha value is -2.34. The predicted molar refractivity (Wildman–Crippen MR) is 104 cm³/mol. The molecule has 0 fully saturated rings. The summed E-state index contributed by atoms with van der Waals surface area (Å²) in [6.07, 6.45) is 0. The van der Waals surface area contributed by atoms with Crippen molar-refractivity contribution in [1.82, 2.24) is 0 Å². The second-order valence-corrected chi connectivity index (χ2v) is 6.84. The van der Waals surface area contributed by atoms with Crippen molar-refractivity contribution in [1.29, 1.82) is 0 Å². The first kappa shape index (κ1) is 16.5. The van der Waals surface area contributed by atoms with Crippen molar-refractivity contribution in [2.75, 3.05) is 0 Å². The SMILES string of the molecule is Cc1ccc(C(C)c2ccccc2C(C)c2ccccc2)c(C)c1. The lowest BCUT2D eigenvalue weighted by molar-refractivity contribution is 0.838. The quantitative estimate of drug-likeness (QED) is 0.508. The summed E-state index contributed by atoms with van der Waals surface area (Å²) in [5.41, 5.74) is 8.36. The van der Waals surface area contributed by atoms with E-state index in [1.54, 1.807) is 0 Å². The van der Waals surface area contributed by atoms with Crippen LogP contribution in [0.25, 0.3) is 0 Å². The maximum absolute atomic E-state index is 2.33. The predicted octanol–water partition coefficient (Wildman–Crippen LogP) is 6.61. The van der Waals surface area contributed by atoms with Crippen LogP contribution in [-0.2, 0) is 0 Å². The zero-order valence-corrected chi connectivity index (χ0v) is 15.1. The van der Waals surface area contributed by atoms with Gasteiger partial charge in [-0.3, -0.25) is 0 Å². The molecule has 122 valence electrons. The number of hydrogen-bond donors (Lipinski definition) is 0. The summed E-state index contributed by atoms with van der Waals surface area (Å²) in [5, 5.41) is 0. The molecule has 0 heteroatoms. The molecule has 3 aromatic carbocycles. The summed E-state index contributed by atoms with van der Waals surface area (Å²) in [6, 6.07) is 26.5. The Morgan fingerprint density at radius 3 is 1.79 bits per heavy atom. The average Bonchev–Trinajstić information content (AvgIpc) is 2.61. The molecule has 0 radical (unpaired) electrons. The van der Waals surface area contributed by atoms with Gasteiger partial charge in [0.1, 0.15) is 0 Å². The monoisotopic (exact) mass is 314 g/mol. The van der Waals surface area contributed by atoms with Gasteiger partial charge >= 0.3 is 0 Å². The fourth-order valence-electron chi connectivity index (χ4n) is 3.70. The minimum absolute atomic E-state index is 0.396. The van der Waals surface area contributed by atoms with Gasteiger partial charge in [0.15, 0.2) is 0 Å². The van der Waals surface area contributed by atoms with Gasteiger partial charge in [-0.2, -0.15) is 0 Å². The minimum atomic E-state index is 0.396. The summed E-state index contributed by atoms with van der Waals surface area (Å²) in [5.74, 6) is 0.795. The zero-order chi connectivity index (χ0) is 17.1. The van der Waals surface area contributed by atoms with Crippen LogP contribution < -0.4 is 0 Å². The maximum atomic E-state index is 2.33. The molecule has 0 N–H and O–H groups in total. The molecule has 24 heavy (non-hydrogen) atoms. The third-order valence-corrected chi connectivity index (χ3v) is 5.12. The Balaban J connectivity index is 2.03. The fourth-order valence-corrected chi connectivity index (χ4v) is 3.70. The number of hydrogen-bond acceptors (Lipinski definition) is 0. The summed E-state index contributed by atoms with van der Waals surface area (Å²) in [6.45, 7) is 9.02. The van der Waals surface area contributed by atoms with Gasteiger partial charge in [0, 0.05) is 11.8 Å². The third kappa shape index (κ3) is 3.28. The molecule has 0 saturated carbocycles. The smallest absolute Gasteiger partial charge is 0.00665 e. The van der Waals surface area contributed by atoms with Crippen LogP contribution in [0.3, 0.4) is 0 Å². The molecule has 0 bridgehead atoms. The second kappa shape index (κ2) is 7.05. The van der Waals surface area contributed by atoms with Crippen LogP contribution in [0, 0.1) is 13.8 Å². The molecule has 0 aromatic heterocycles. The van der Waals surface area contributed by atoms with Gasteiger partial charge in [-0.15, -0.1) is 0 Å². The highest BCUT2D eigenvalue weighted by atomic mass is 14.2. The molecule has 3 aromatic rings. The van der Waals surface area contributed by atoms with E-state index < -0.39 is 0 Å². The van der Waals surface area contributed by atoms with E-state index in [2.05, 4.69) is 100 Å². The summed E-state index contributed by atoms with van der Waals surface area (Å²) in [7, 11) is 0. The van der Waals surface area contributed by atoms with Crippen LogP contribution in [-0.4, -0.2) is 0 Å². The summed E-state index contributed by atoms with van der Waals surface area (Å²) >= 11 is 0. The van der Waals surface area contributed by atoms with E-state index in [-0.39, 0.29) is 0 Å². The first-order chi connectivity index (χ1) is 11.6. The molecule has 0 aliphatic carbocycles. The first-order valence-corrected chi connectivity index (χ1v) is 8.79. The lowest BCUT2D eigenvalue weighted by Gasteiger charge is -2.23. The van der Waals surface area contributed by atoms with Crippen LogP contribution in [0.1, 0.15) is 59.1 Å². The van der Waals surface area contributed by atoms with Crippen molar-refractivity contribution in [2.45, 2.75) is 39.5 Å². The first-order valence-electron chi connectivity index (χ1n) is 8.79. The van der Waals surface area contributed by atoms with Crippen molar-refractivity contribution in [3.05, 3.63) is 106 Å². The number of aryl methyl sites for hydroxylation is 2. The van der Waals surface area contributed by atoms with Gasteiger partial charge in [-0.25, -0.2) is 0 Å². The molecule has 3 rings (SSSR count). The Labute approximate surface area is 146 Å². The average molecular weight is 314 g/mol. The van der Waals surface area contributed by atoms with Crippen molar-refractivity contribution in [3.63, 3.8) is 0 Å². The minimum Gasteiger partial charge on any atom is -0.0622 e. The zero-order valence-electron chi connectivity index (χ0n) is 15.1. The number of benzene rings is 3. The van der Waals surface area contributed by atoms with Crippen molar-refractivity contribution in [2.24, 2.45) is 0 Å². The molecule has 2 atom stereocenters. The van der Waals surface area contributed by atoms with Crippen LogP contribution >= 0.6 is 0 Å². The largest absolute Gasteiger partial charge is 0.0622 e. The van der Waals surface area contributed by atoms with E-state index in [0.717, 1.165) is 0 Å². The third-order valence-electron chi connectivity index (χ3n) is 5.12. The molecular weight excluding hydrogens is 288 g/mol. The van der Waals surface area contributed by atoms with E-state index in [1.807, 2.05) is 0 Å². The lowest BCUT2D eigenvalue weighted by Crippen LogP contribution is -2.06. The molecule has 0 nitrogen and oxygen atoms in total. The highest BCUT2D eigenvalue weighted by molar-refractivity contribution is 5.45. The normalized spacial score (nSPS) is 13.5. The van der Waals surface area contributed by atoms with Crippen LogP contribution in [0.15, 0.2) is 72.8 Å². The van der Waals surface area contributed by atoms with E-state index in [0.29, 0.717) is 11.8 Å².